The molecule has 1 aliphatic heterocycles. The molecule has 29 heavy (non-hydrogen) atoms. The third kappa shape index (κ3) is 3.93. The summed E-state index contributed by atoms with van der Waals surface area (Å²) in [5.41, 5.74) is 5.33. The number of carbonyl (C=O) groups is 1. The van der Waals surface area contributed by atoms with E-state index in [0.717, 1.165) is 51.4 Å². The third-order valence-corrected chi connectivity index (χ3v) is 7.27. The van der Waals surface area contributed by atoms with Gasteiger partial charge in [-0.2, -0.15) is 0 Å². The Morgan fingerprint density at radius 3 is 2.38 bits per heavy atom. The van der Waals surface area contributed by atoms with Crippen molar-refractivity contribution in [2.45, 2.75) is 58.1 Å². The Hall–Kier alpha value is -2.27. The van der Waals surface area contributed by atoms with Crippen LogP contribution in [-0.4, -0.2) is 27.9 Å². The van der Waals surface area contributed by atoms with Crippen molar-refractivity contribution >= 4 is 23.3 Å². The van der Waals surface area contributed by atoms with Crippen LogP contribution in [0.1, 0.15) is 47.1 Å². The fraction of sp³-hybridized carbons (Fsp3) is 0.417. The Kier molecular flexibility index (Phi) is 5.19. The largest absolute Gasteiger partial charge is 0.511 e. The summed E-state index contributed by atoms with van der Waals surface area (Å²) in [6.45, 7) is 8.01. The number of pyridine rings is 1. The fourth-order valence-electron chi connectivity index (χ4n) is 4.26. The van der Waals surface area contributed by atoms with E-state index in [1.165, 1.54) is 0 Å². The SMILES string of the molecule is Cc1ccc(SCC2(C3CC(O)=C(c4c(C)cc(C)cc4C)C(=O)O3)CC2)nc1. The van der Waals surface area contributed by atoms with Gasteiger partial charge in [0.15, 0.2) is 0 Å². The first kappa shape index (κ1) is 20.0. The predicted molar refractivity (Wildman–Crippen MR) is 116 cm³/mol. The zero-order valence-corrected chi connectivity index (χ0v) is 18.2. The van der Waals surface area contributed by atoms with E-state index < -0.39 is 5.97 Å². The molecule has 0 saturated heterocycles. The molecule has 2 aliphatic rings. The molecule has 1 atom stereocenters. The Morgan fingerprint density at radius 2 is 1.83 bits per heavy atom. The monoisotopic (exact) mass is 409 g/mol. The lowest BCUT2D eigenvalue weighted by Crippen LogP contribution is -2.35. The number of aliphatic hydroxyl groups excluding tert-OH is 1. The summed E-state index contributed by atoms with van der Waals surface area (Å²) < 4.78 is 5.91. The average Bonchev–Trinajstić information content (AvgIpc) is 3.44. The topological polar surface area (TPSA) is 59.4 Å². The van der Waals surface area contributed by atoms with Crippen molar-refractivity contribution in [2.75, 3.05) is 5.75 Å². The number of ether oxygens (including phenoxy) is 1. The van der Waals surface area contributed by atoms with Gasteiger partial charge in [0.25, 0.3) is 0 Å². The number of esters is 1. The van der Waals surface area contributed by atoms with E-state index in [2.05, 4.69) is 11.1 Å². The fourth-order valence-corrected chi connectivity index (χ4v) is 5.47. The number of carbonyl (C=O) groups excluding carboxylic acids is 1. The predicted octanol–water partition coefficient (Wildman–Crippen LogP) is 5.47. The minimum atomic E-state index is -0.404. The molecular weight excluding hydrogens is 382 g/mol. The van der Waals surface area contributed by atoms with Crippen LogP contribution >= 0.6 is 11.8 Å². The molecule has 4 rings (SSSR count). The molecule has 0 bridgehead atoms. The summed E-state index contributed by atoms with van der Waals surface area (Å²) in [5.74, 6) is 0.594. The van der Waals surface area contributed by atoms with Gasteiger partial charge < -0.3 is 9.84 Å². The van der Waals surface area contributed by atoms with E-state index in [9.17, 15) is 9.90 Å². The van der Waals surface area contributed by atoms with Gasteiger partial charge in [0.2, 0.25) is 0 Å². The molecule has 2 aromatic rings. The number of aryl methyl sites for hydroxylation is 4. The maximum Gasteiger partial charge on any atom is 0.342 e. The number of aromatic nitrogens is 1. The maximum atomic E-state index is 12.9. The minimum absolute atomic E-state index is 0.0657. The van der Waals surface area contributed by atoms with Gasteiger partial charge in [-0.05, 0) is 68.9 Å². The molecule has 5 heteroatoms. The number of thioether (sulfide) groups is 1. The zero-order chi connectivity index (χ0) is 20.8. The highest BCUT2D eigenvalue weighted by Crippen LogP contribution is 2.55. The van der Waals surface area contributed by atoms with Gasteiger partial charge in [0.05, 0.1) is 5.03 Å². The summed E-state index contributed by atoms with van der Waals surface area (Å²) in [5, 5.41) is 11.8. The van der Waals surface area contributed by atoms with E-state index in [1.807, 2.05) is 52.1 Å². The second-order valence-electron chi connectivity index (χ2n) is 8.52. The average molecular weight is 410 g/mol. The molecule has 2 heterocycles. The van der Waals surface area contributed by atoms with Crippen LogP contribution in [0, 0.1) is 33.1 Å². The van der Waals surface area contributed by atoms with Crippen molar-refractivity contribution in [3.8, 4) is 0 Å². The van der Waals surface area contributed by atoms with Crippen LogP contribution < -0.4 is 0 Å². The molecule has 1 aromatic carbocycles. The van der Waals surface area contributed by atoms with Crippen molar-refractivity contribution in [3.05, 3.63) is 64.0 Å². The van der Waals surface area contributed by atoms with E-state index in [4.69, 9.17) is 4.74 Å². The molecule has 1 aromatic heterocycles. The van der Waals surface area contributed by atoms with Gasteiger partial charge >= 0.3 is 5.97 Å². The van der Waals surface area contributed by atoms with E-state index in [1.54, 1.807) is 11.8 Å². The van der Waals surface area contributed by atoms with E-state index in [0.29, 0.717) is 12.0 Å². The number of aliphatic hydroxyl groups is 1. The highest BCUT2D eigenvalue weighted by atomic mass is 32.2. The normalized spacial score (nSPS) is 20.6. The molecule has 0 radical (unpaired) electrons. The molecule has 0 spiro atoms. The van der Waals surface area contributed by atoms with Crippen molar-refractivity contribution in [3.63, 3.8) is 0 Å². The molecule has 4 nitrogen and oxygen atoms in total. The second-order valence-corrected chi connectivity index (χ2v) is 9.51. The van der Waals surface area contributed by atoms with Crippen LogP contribution in [0.25, 0.3) is 5.57 Å². The van der Waals surface area contributed by atoms with E-state index >= 15 is 0 Å². The summed E-state index contributed by atoms with van der Waals surface area (Å²) in [6.07, 6.45) is 4.00. The van der Waals surface area contributed by atoms with Crippen LogP contribution in [0.2, 0.25) is 0 Å². The number of benzene rings is 1. The molecule has 1 aliphatic carbocycles. The molecule has 1 fully saturated rings. The highest BCUT2D eigenvalue weighted by molar-refractivity contribution is 7.99. The first-order valence-corrected chi connectivity index (χ1v) is 11.0. The lowest BCUT2D eigenvalue weighted by molar-refractivity contribution is -0.147. The van der Waals surface area contributed by atoms with Gasteiger partial charge in [0, 0.05) is 23.8 Å². The second kappa shape index (κ2) is 7.52. The summed E-state index contributed by atoms with van der Waals surface area (Å²) >= 11 is 1.70. The zero-order valence-electron chi connectivity index (χ0n) is 17.4. The van der Waals surface area contributed by atoms with Gasteiger partial charge in [-0.1, -0.05) is 23.8 Å². The number of hydrogen-bond acceptors (Lipinski definition) is 5. The molecule has 152 valence electrons. The first-order valence-electron chi connectivity index (χ1n) is 10.1. The summed E-state index contributed by atoms with van der Waals surface area (Å²) in [4.78, 5) is 17.4. The van der Waals surface area contributed by atoms with Crippen LogP contribution in [0.4, 0.5) is 0 Å². The minimum Gasteiger partial charge on any atom is -0.511 e. The number of rotatable bonds is 5. The summed E-state index contributed by atoms with van der Waals surface area (Å²) in [6, 6.07) is 8.16. The highest BCUT2D eigenvalue weighted by Gasteiger charge is 2.53. The number of nitrogens with zero attached hydrogens (tertiary/aromatic N) is 1. The smallest absolute Gasteiger partial charge is 0.342 e. The molecule has 1 unspecified atom stereocenters. The van der Waals surface area contributed by atoms with Gasteiger partial charge in [-0.15, -0.1) is 11.8 Å². The van der Waals surface area contributed by atoms with Crippen LogP contribution in [-0.2, 0) is 9.53 Å². The van der Waals surface area contributed by atoms with Crippen molar-refractivity contribution in [2.24, 2.45) is 5.41 Å². The third-order valence-electron chi connectivity index (χ3n) is 6.01. The number of cyclic esters (lactones) is 1. The van der Waals surface area contributed by atoms with Crippen LogP contribution in [0.5, 0.6) is 0 Å². The Balaban J connectivity index is 1.54. The quantitative estimate of drug-likeness (QED) is 0.524. The van der Waals surface area contributed by atoms with Gasteiger partial charge in [-0.25, -0.2) is 9.78 Å². The summed E-state index contributed by atoms with van der Waals surface area (Å²) in [7, 11) is 0. The van der Waals surface area contributed by atoms with Crippen LogP contribution in [0.3, 0.4) is 0 Å². The molecule has 0 amide bonds. The van der Waals surface area contributed by atoms with Gasteiger partial charge in [-0.3, -0.25) is 0 Å². The Labute approximate surface area is 176 Å². The standard InChI is InChI=1S/C24H27NO3S/c1-14-5-6-20(25-12-14)29-13-24(7-8-24)19-11-18(26)22(23(27)28-19)21-16(3)9-15(2)10-17(21)4/h5-6,9-10,12,19,26H,7-8,11,13H2,1-4H3. The lowest BCUT2D eigenvalue weighted by atomic mass is 9.88. The van der Waals surface area contributed by atoms with E-state index in [-0.39, 0.29) is 17.3 Å². The maximum absolute atomic E-state index is 12.9. The molecule has 1 N–H and O–H groups in total. The van der Waals surface area contributed by atoms with Crippen molar-refractivity contribution in [1.29, 1.82) is 0 Å². The van der Waals surface area contributed by atoms with Crippen LogP contribution in [0.15, 0.2) is 41.2 Å². The lowest BCUT2D eigenvalue weighted by Gasteiger charge is -2.31. The Bertz CT molecular complexity index is 967. The van der Waals surface area contributed by atoms with Crippen molar-refractivity contribution < 1.29 is 14.6 Å². The Morgan fingerprint density at radius 1 is 1.14 bits per heavy atom. The number of hydrogen-bond donors (Lipinski definition) is 1. The molecule has 1 saturated carbocycles. The first-order chi connectivity index (χ1) is 13.8. The van der Waals surface area contributed by atoms with Gasteiger partial charge in [0.1, 0.15) is 17.4 Å². The van der Waals surface area contributed by atoms with Crippen molar-refractivity contribution in [1.82, 2.24) is 4.98 Å². The molecular formula is C24H27NO3S.